The fourth-order valence-electron chi connectivity index (χ4n) is 2.41. The molecule has 2 aromatic heterocycles. The van der Waals surface area contributed by atoms with Gasteiger partial charge in [0.15, 0.2) is 0 Å². The van der Waals surface area contributed by atoms with Crippen LogP contribution in [0.15, 0.2) is 53.9 Å². The van der Waals surface area contributed by atoms with E-state index >= 15 is 0 Å². The van der Waals surface area contributed by atoms with Crippen LogP contribution in [-0.4, -0.2) is 5.91 Å². The molecule has 3 aromatic rings. The van der Waals surface area contributed by atoms with E-state index < -0.39 is 0 Å². The molecule has 0 saturated heterocycles. The number of benzene rings is 1. The van der Waals surface area contributed by atoms with Gasteiger partial charge >= 0.3 is 0 Å². The Morgan fingerprint density at radius 2 is 1.86 bits per heavy atom. The average Bonchev–Trinajstić information content (AvgIpc) is 3.20. The zero-order chi connectivity index (χ0) is 14.2. The maximum atomic E-state index is 12.1. The van der Waals surface area contributed by atoms with Crippen molar-refractivity contribution < 1.29 is 4.79 Å². The first-order chi connectivity index (χ1) is 10.3. The van der Waals surface area contributed by atoms with Gasteiger partial charge in [-0.3, -0.25) is 4.79 Å². The van der Waals surface area contributed by atoms with Crippen molar-refractivity contribution in [3.8, 4) is 9.75 Å². The number of fused-ring (bicyclic) bond motifs is 1. The summed E-state index contributed by atoms with van der Waals surface area (Å²) in [5.41, 5.74) is 2.61. The number of hydrogen-bond donors (Lipinski definition) is 1. The highest BCUT2D eigenvalue weighted by Gasteiger charge is 2.23. The van der Waals surface area contributed by atoms with Crippen molar-refractivity contribution in [2.24, 2.45) is 0 Å². The fraction of sp³-hybridized carbons (Fsp3) is 0. The van der Waals surface area contributed by atoms with Crippen molar-refractivity contribution in [2.75, 3.05) is 5.32 Å². The van der Waals surface area contributed by atoms with E-state index in [1.807, 2.05) is 30.3 Å². The van der Waals surface area contributed by atoms with Crippen LogP contribution in [0.4, 0.5) is 5.69 Å². The first-order valence-electron chi connectivity index (χ1n) is 6.57. The third-order valence-corrected chi connectivity index (χ3v) is 5.49. The van der Waals surface area contributed by atoms with E-state index in [0.29, 0.717) is 0 Å². The Morgan fingerprint density at radius 1 is 0.952 bits per heavy atom. The average molecular weight is 309 g/mol. The van der Waals surface area contributed by atoms with Crippen LogP contribution in [0.25, 0.3) is 21.4 Å². The predicted molar refractivity (Wildman–Crippen MR) is 90.6 cm³/mol. The Kier molecular flexibility index (Phi) is 2.98. The summed E-state index contributed by atoms with van der Waals surface area (Å²) in [6.45, 7) is 0. The zero-order valence-corrected chi connectivity index (χ0v) is 12.6. The van der Waals surface area contributed by atoms with E-state index in [4.69, 9.17) is 0 Å². The lowest BCUT2D eigenvalue weighted by molar-refractivity contribution is -0.110. The van der Waals surface area contributed by atoms with Crippen LogP contribution in [0.3, 0.4) is 0 Å². The van der Waals surface area contributed by atoms with Crippen LogP contribution < -0.4 is 5.32 Å². The van der Waals surface area contributed by atoms with Gasteiger partial charge in [0, 0.05) is 25.9 Å². The number of rotatable bonds is 2. The van der Waals surface area contributed by atoms with Crippen LogP contribution in [0, 0.1) is 0 Å². The van der Waals surface area contributed by atoms with Gasteiger partial charge in [-0.2, -0.15) is 0 Å². The SMILES string of the molecule is O=C1Nc2ccccc2/C1=C\c1ccc(-c2cccs2)s1. The van der Waals surface area contributed by atoms with Gasteiger partial charge in [0.25, 0.3) is 5.91 Å². The Morgan fingerprint density at radius 3 is 2.71 bits per heavy atom. The summed E-state index contributed by atoms with van der Waals surface area (Å²) in [5, 5.41) is 4.98. The maximum absolute atomic E-state index is 12.1. The van der Waals surface area contributed by atoms with Crippen LogP contribution in [0.2, 0.25) is 0 Å². The molecule has 0 atom stereocenters. The number of carbonyl (C=O) groups excluding carboxylic acids is 1. The molecular formula is C17H11NOS2. The number of nitrogens with one attached hydrogen (secondary N) is 1. The number of thiophene rings is 2. The molecule has 0 aliphatic carbocycles. The number of anilines is 1. The highest BCUT2D eigenvalue weighted by atomic mass is 32.1. The van der Waals surface area contributed by atoms with Gasteiger partial charge in [-0.25, -0.2) is 0 Å². The summed E-state index contributed by atoms with van der Waals surface area (Å²) >= 11 is 3.44. The lowest BCUT2D eigenvalue weighted by Crippen LogP contribution is -2.03. The fourth-order valence-corrected chi connectivity index (χ4v) is 4.19. The molecule has 0 bridgehead atoms. The minimum atomic E-state index is -0.0257. The lowest BCUT2D eigenvalue weighted by atomic mass is 10.1. The van der Waals surface area contributed by atoms with Crippen molar-refractivity contribution in [1.82, 2.24) is 0 Å². The van der Waals surface area contributed by atoms with E-state index in [-0.39, 0.29) is 5.91 Å². The third-order valence-electron chi connectivity index (χ3n) is 3.39. The monoisotopic (exact) mass is 309 g/mol. The molecule has 3 heterocycles. The van der Waals surface area contributed by atoms with E-state index in [1.165, 1.54) is 9.75 Å². The first-order valence-corrected chi connectivity index (χ1v) is 8.27. The van der Waals surface area contributed by atoms with Gasteiger partial charge in [-0.15, -0.1) is 22.7 Å². The molecule has 2 nitrogen and oxygen atoms in total. The van der Waals surface area contributed by atoms with Crippen molar-refractivity contribution in [3.63, 3.8) is 0 Å². The molecule has 4 rings (SSSR count). The van der Waals surface area contributed by atoms with E-state index in [9.17, 15) is 4.79 Å². The second kappa shape index (κ2) is 4.98. The van der Waals surface area contributed by atoms with Gasteiger partial charge in [0.1, 0.15) is 0 Å². The molecule has 0 unspecified atom stereocenters. The summed E-state index contributed by atoms with van der Waals surface area (Å²) in [6, 6.07) is 16.2. The molecule has 0 fully saturated rings. The van der Waals surface area contributed by atoms with Gasteiger partial charge in [-0.1, -0.05) is 24.3 Å². The smallest absolute Gasteiger partial charge is 0.256 e. The molecule has 0 saturated carbocycles. The number of amides is 1. The summed E-state index contributed by atoms with van der Waals surface area (Å²) in [6.07, 6.45) is 1.98. The molecule has 1 aliphatic rings. The molecule has 0 radical (unpaired) electrons. The molecule has 102 valence electrons. The van der Waals surface area contributed by atoms with Gasteiger partial charge in [0.2, 0.25) is 0 Å². The Bertz CT molecular complexity index is 843. The van der Waals surface area contributed by atoms with Crippen molar-refractivity contribution >= 4 is 45.9 Å². The van der Waals surface area contributed by atoms with Gasteiger partial charge in [0.05, 0.1) is 5.57 Å². The topological polar surface area (TPSA) is 29.1 Å². The standard InChI is InChI=1S/C17H11NOS2/c19-17-13(12-4-1-2-5-14(12)18-17)10-11-7-8-16(21-11)15-6-3-9-20-15/h1-10H,(H,18,19)/b13-10+. The Hall–Kier alpha value is -2.17. The van der Waals surface area contributed by atoms with Crippen molar-refractivity contribution in [3.05, 3.63) is 64.4 Å². The number of para-hydroxylation sites is 1. The van der Waals surface area contributed by atoms with Crippen LogP contribution >= 0.6 is 22.7 Å². The van der Waals surface area contributed by atoms with Crippen molar-refractivity contribution in [1.29, 1.82) is 0 Å². The van der Waals surface area contributed by atoms with Gasteiger partial charge in [-0.05, 0) is 35.7 Å². The molecule has 1 aliphatic heterocycles. The largest absolute Gasteiger partial charge is 0.321 e. The summed E-state index contributed by atoms with van der Waals surface area (Å²) < 4.78 is 0. The first kappa shape index (κ1) is 12.6. The zero-order valence-electron chi connectivity index (χ0n) is 11.0. The molecule has 1 aromatic carbocycles. The quantitative estimate of drug-likeness (QED) is 0.665. The predicted octanol–water partition coefficient (Wildman–Crippen LogP) is 4.97. The van der Waals surface area contributed by atoms with Crippen molar-refractivity contribution in [2.45, 2.75) is 0 Å². The summed E-state index contributed by atoms with van der Waals surface area (Å²) in [5.74, 6) is -0.0257. The minimum Gasteiger partial charge on any atom is -0.321 e. The maximum Gasteiger partial charge on any atom is 0.256 e. The molecule has 21 heavy (non-hydrogen) atoms. The summed E-state index contributed by atoms with van der Waals surface area (Å²) in [7, 11) is 0. The summed E-state index contributed by atoms with van der Waals surface area (Å²) in [4.78, 5) is 15.7. The van der Waals surface area contributed by atoms with Gasteiger partial charge < -0.3 is 5.32 Å². The van der Waals surface area contributed by atoms with Crippen LogP contribution in [0.1, 0.15) is 10.4 Å². The number of carbonyl (C=O) groups is 1. The molecule has 1 N–H and O–H groups in total. The molecule has 1 amide bonds. The van der Waals surface area contributed by atoms with Crippen LogP contribution in [0.5, 0.6) is 0 Å². The lowest BCUT2D eigenvalue weighted by Gasteiger charge is -1.96. The second-order valence-corrected chi connectivity index (χ2v) is 6.80. The molecular weight excluding hydrogens is 298 g/mol. The minimum absolute atomic E-state index is 0.0257. The van der Waals surface area contributed by atoms with E-state index in [0.717, 1.165) is 21.7 Å². The highest BCUT2D eigenvalue weighted by molar-refractivity contribution is 7.21. The highest BCUT2D eigenvalue weighted by Crippen LogP contribution is 2.36. The van der Waals surface area contributed by atoms with E-state index in [2.05, 4.69) is 35.0 Å². The number of hydrogen-bond acceptors (Lipinski definition) is 3. The Balaban J connectivity index is 1.74. The second-order valence-electron chi connectivity index (χ2n) is 4.74. The Labute approximate surface area is 130 Å². The third kappa shape index (κ3) is 2.22. The normalized spacial score (nSPS) is 15.2. The molecule has 4 heteroatoms. The van der Waals surface area contributed by atoms with E-state index in [1.54, 1.807) is 22.7 Å². The molecule has 0 spiro atoms. The van der Waals surface area contributed by atoms with Crippen LogP contribution in [-0.2, 0) is 4.79 Å².